The fraction of sp³-hybridized carbons (Fsp3) is 0.750. The number of aromatic nitrogens is 2. The van der Waals surface area contributed by atoms with E-state index >= 15 is 0 Å². The number of hydrogen-bond acceptors (Lipinski definition) is 1. The molecule has 1 fully saturated rings. The summed E-state index contributed by atoms with van der Waals surface area (Å²) in [6.07, 6.45) is 5.28. The first-order chi connectivity index (χ1) is 6.79. The molecule has 1 saturated carbocycles. The molecule has 0 aromatic carbocycles. The van der Waals surface area contributed by atoms with Crippen LogP contribution in [0.25, 0.3) is 0 Å². The molecule has 2 nitrogen and oxygen atoms in total. The molecule has 76 valence electrons. The SMILES string of the molecule is CCn1nc(C2CC2)c2c1CC(C)C2. The second kappa shape index (κ2) is 2.85. The van der Waals surface area contributed by atoms with Crippen molar-refractivity contribution < 1.29 is 0 Å². The lowest BCUT2D eigenvalue weighted by Crippen LogP contribution is -2.04. The molecule has 1 atom stereocenters. The fourth-order valence-corrected chi connectivity index (χ4v) is 2.70. The maximum absolute atomic E-state index is 4.76. The summed E-state index contributed by atoms with van der Waals surface area (Å²) in [6.45, 7) is 5.60. The third-order valence-electron chi connectivity index (χ3n) is 3.56. The molecule has 0 radical (unpaired) electrons. The molecule has 2 aliphatic carbocycles. The second-order valence-electron chi connectivity index (χ2n) is 4.91. The molecule has 2 aliphatic rings. The molecule has 1 heterocycles. The summed E-state index contributed by atoms with van der Waals surface area (Å²) in [4.78, 5) is 0. The van der Waals surface area contributed by atoms with Crippen LogP contribution in [0.15, 0.2) is 0 Å². The molecular weight excluding hydrogens is 172 g/mol. The second-order valence-corrected chi connectivity index (χ2v) is 4.91. The van der Waals surface area contributed by atoms with Gasteiger partial charge in [-0.1, -0.05) is 6.92 Å². The Labute approximate surface area is 85.3 Å². The van der Waals surface area contributed by atoms with E-state index in [2.05, 4.69) is 18.5 Å². The normalized spacial score (nSPS) is 25.4. The highest BCUT2D eigenvalue weighted by molar-refractivity contribution is 5.35. The van der Waals surface area contributed by atoms with E-state index in [1.54, 1.807) is 11.3 Å². The van der Waals surface area contributed by atoms with Crippen molar-refractivity contribution in [2.45, 2.75) is 52.0 Å². The van der Waals surface area contributed by atoms with E-state index in [0.29, 0.717) is 0 Å². The highest BCUT2D eigenvalue weighted by Gasteiger charge is 2.34. The van der Waals surface area contributed by atoms with E-state index < -0.39 is 0 Å². The van der Waals surface area contributed by atoms with Gasteiger partial charge in [0.1, 0.15) is 0 Å². The van der Waals surface area contributed by atoms with Crippen LogP contribution in [0.2, 0.25) is 0 Å². The standard InChI is InChI=1S/C12H18N2/c1-3-14-11-7-8(2)6-10(11)12(13-14)9-4-5-9/h8-9H,3-7H2,1-2H3. The van der Waals surface area contributed by atoms with Crippen molar-refractivity contribution in [3.8, 4) is 0 Å². The highest BCUT2D eigenvalue weighted by Crippen LogP contribution is 2.44. The van der Waals surface area contributed by atoms with Gasteiger partial charge in [-0.3, -0.25) is 4.68 Å². The van der Waals surface area contributed by atoms with Crippen LogP contribution < -0.4 is 0 Å². The summed E-state index contributed by atoms with van der Waals surface area (Å²) in [6, 6.07) is 0. The van der Waals surface area contributed by atoms with Gasteiger partial charge in [0.05, 0.1) is 5.69 Å². The van der Waals surface area contributed by atoms with Gasteiger partial charge >= 0.3 is 0 Å². The summed E-state index contributed by atoms with van der Waals surface area (Å²) in [5, 5.41) is 4.76. The van der Waals surface area contributed by atoms with E-state index in [9.17, 15) is 0 Å². The first-order valence-corrected chi connectivity index (χ1v) is 5.88. The lowest BCUT2D eigenvalue weighted by molar-refractivity contribution is 0.558. The van der Waals surface area contributed by atoms with Gasteiger partial charge in [0.25, 0.3) is 0 Å². The Morgan fingerprint density at radius 3 is 2.79 bits per heavy atom. The molecule has 0 amide bonds. The van der Waals surface area contributed by atoms with Gasteiger partial charge in [0.15, 0.2) is 0 Å². The summed E-state index contributed by atoms with van der Waals surface area (Å²) in [7, 11) is 0. The quantitative estimate of drug-likeness (QED) is 0.700. The van der Waals surface area contributed by atoms with Crippen LogP contribution in [0.1, 0.15) is 49.6 Å². The van der Waals surface area contributed by atoms with Crippen LogP contribution in [0.3, 0.4) is 0 Å². The first kappa shape index (κ1) is 8.51. The van der Waals surface area contributed by atoms with E-state index in [-0.39, 0.29) is 0 Å². The van der Waals surface area contributed by atoms with Crippen LogP contribution in [0.4, 0.5) is 0 Å². The minimum Gasteiger partial charge on any atom is -0.269 e. The topological polar surface area (TPSA) is 17.8 Å². The molecule has 1 unspecified atom stereocenters. The van der Waals surface area contributed by atoms with Crippen molar-refractivity contribution in [2.24, 2.45) is 5.92 Å². The largest absolute Gasteiger partial charge is 0.269 e. The van der Waals surface area contributed by atoms with Crippen molar-refractivity contribution in [3.05, 3.63) is 17.0 Å². The summed E-state index contributed by atoms with van der Waals surface area (Å²) in [5.74, 6) is 1.67. The average molecular weight is 190 g/mol. The number of fused-ring (bicyclic) bond motifs is 1. The van der Waals surface area contributed by atoms with Gasteiger partial charge in [-0.15, -0.1) is 0 Å². The van der Waals surface area contributed by atoms with E-state index in [1.165, 1.54) is 31.4 Å². The van der Waals surface area contributed by atoms with Gasteiger partial charge < -0.3 is 0 Å². The molecule has 0 saturated heterocycles. The first-order valence-electron chi connectivity index (χ1n) is 5.88. The molecule has 0 bridgehead atoms. The molecule has 0 aliphatic heterocycles. The van der Waals surface area contributed by atoms with Crippen LogP contribution in [0.5, 0.6) is 0 Å². The smallest absolute Gasteiger partial charge is 0.0690 e. The van der Waals surface area contributed by atoms with Gasteiger partial charge in [-0.2, -0.15) is 5.10 Å². The number of hydrogen-bond donors (Lipinski definition) is 0. The molecule has 1 aromatic rings. The van der Waals surface area contributed by atoms with Crippen molar-refractivity contribution in [1.29, 1.82) is 0 Å². The maximum Gasteiger partial charge on any atom is 0.0690 e. The molecule has 0 N–H and O–H groups in total. The predicted molar refractivity (Wildman–Crippen MR) is 56.4 cm³/mol. The van der Waals surface area contributed by atoms with Crippen LogP contribution in [-0.4, -0.2) is 9.78 Å². The Kier molecular flexibility index (Phi) is 1.73. The highest BCUT2D eigenvalue weighted by atomic mass is 15.3. The van der Waals surface area contributed by atoms with Crippen LogP contribution >= 0.6 is 0 Å². The molecule has 3 rings (SSSR count). The molecule has 1 aromatic heterocycles. The molecule has 14 heavy (non-hydrogen) atoms. The third kappa shape index (κ3) is 1.13. The Morgan fingerprint density at radius 2 is 2.14 bits per heavy atom. The zero-order valence-corrected chi connectivity index (χ0v) is 9.08. The Balaban J connectivity index is 2.06. The summed E-state index contributed by atoms with van der Waals surface area (Å²) < 4.78 is 2.24. The zero-order valence-electron chi connectivity index (χ0n) is 9.08. The molecule has 2 heteroatoms. The zero-order chi connectivity index (χ0) is 9.71. The number of nitrogens with zero attached hydrogens (tertiary/aromatic N) is 2. The Bertz CT molecular complexity index is 361. The van der Waals surface area contributed by atoms with Crippen molar-refractivity contribution in [2.75, 3.05) is 0 Å². The van der Waals surface area contributed by atoms with Gasteiger partial charge in [0.2, 0.25) is 0 Å². The minimum absolute atomic E-state index is 0.821. The Hall–Kier alpha value is -0.790. The fourth-order valence-electron chi connectivity index (χ4n) is 2.70. The lowest BCUT2D eigenvalue weighted by atomic mass is 10.1. The number of aryl methyl sites for hydroxylation is 1. The van der Waals surface area contributed by atoms with E-state index in [4.69, 9.17) is 5.10 Å². The summed E-state index contributed by atoms with van der Waals surface area (Å²) >= 11 is 0. The molecular formula is C12H18N2. The van der Waals surface area contributed by atoms with E-state index in [0.717, 1.165) is 18.4 Å². The monoisotopic (exact) mass is 190 g/mol. The van der Waals surface area contributed by atoms with E-state index in [1.807, 2.05) is 0 Å². The minimum atomic E-state index is 0.821. The van der Waals surface area contributed by atoms with Gasteiger partial charge in [-0.25, -0.2) is 0 Å². The lowest BCUT2D eigenvalue weighted by Gasteiger charge is -2.03. The van der Waals surface area contributed by atoms with Crippen LogP contribution in [-0.2, 0) is 19.4 Å². The maximum atomic E-state index is 4.76. The third-order valence-corrected chi connectivity index (χ3v) is 3.56. The van der Waals surface area contributed by atoms with Crippen LogP contribution in [0, 0.1) is 5.92 Å². The summed E-state index contributed by atoms with van der Waals surface area (Å²) in [5.41, 5.74) is 4.61. The van der Waals surface area contributed by atoms with Gasteiger partial charge in [-0.05, 0) is 44.1 Å². The van der Waals surface area contributed by atoms with Crippen molar-refractivity contribution >= 4 is 0 Å². The predicted octanol–water partition coefficient (Wildman–Crippen LogP) is 2.52. The van der Waals surface area contributed by atoms with Crippen molar-refractivity contribution in [1.82, 2.24) is 9.78 Å². The Morgan fingerprint density at radius 1 is 1.36 bits per heavy atom. The average Bonchev–Trinajstić information content (AvgIpc) is 2.84. The number of rotatable bonds is 2. The van der Waals surface area contributed by atoms with Gasteiger partial charge in [0, 0.05) is 18.2 Å². The van der Waals surface area contributed by atoms with Crippen molar-refractivity contribution in [3.63, 3.8) is 0 Å². The molecule has 0 spiro atoms.